The summed E-state index contributed by atoms with van der Waals surface area (Å²) in [5.41, 5.74) is 5.30. The zero-order chi connectivity index (χ0) is 14.0. The first-order chi connectivity index (χ1) is 8.89. The zero-order valence-corrected chi connectivity index (χ0v) is 10.6. The molecule has 0 aliphatic carbocycles. The lowest BCUT2D eigenvalue weighted by Gasteiger charge is -2.08. The van der Waals surface area contributed by atoms with Crippen molar-refractivity contribution in [2.45, 2.75) is 4.90 Å². The largest absolute Gasteiger partial charge is 0.379 e. The minimum atomic E-state index is -3.46. The number of nitrogens with two attached hydrogens (primary N) is 1. The molecule has 3 N–H and O–H groups in total. The Morgan fingerprint density at radius 3 is 2.58 bits per heavy atom. The fourth-order valence-corrected chi connectivity index (χ4v) is 2.27. The third kappa shape index (κ3) is 2.71. The van der Waals surface area contributed by atoms with Crippen LogP contribution in [0.1, 0.15) is 10.5 Å². The van der Waals surface area contributed by atoms with Crippen molar-refractivity contribution in [3.8, 4) is 0 Å². The van der Waals surface area contributed by atoms with E-state index in [9.17, 15) is 13.2 Å². The smallest absolute Gasteiger partial charge is 0.281 e. The summed E-state index contributed by atoms with van der Waals surface area (Å²) in [6, 6.07) is 5.99. The van der Waals surface area contributed by atoms with Gasteiger partial charge in [0.2, 0.25) is 11.5 Å². The van der Waals surface area contributed by atoms with Crippen molar-refractivity contribution in [1.29, 1.82) is 0 Å². The predicted molar refractivity (Wildman–Crippen MR) is 66.2 cm³/mol. The number of hydrogen-bond donors (Lipinski definition) is 2. The van der Waals surface area contributed by atoms with E-state index in [2.05, 4.69) is 20.3 Å². The Kier molecular flexibility index (Phi) is 3.21. The van der Waals surface area contributed by atoms with Gasteiger partial charge in [0.05, 0.1) is 10.6 Å². The van der Waals surface area contributed by atoms with E-state index in [-0.39, 0.29) is 22.1 Å². The molecule has 0 unspecified atom stereocenters. The molecule has 100 valence electrons. The SMILES string of the molecule is CS(=O)(=O)c1ccccc1NC(=O)c1nonc1N. The van der Waals surface area contributed by atoms with Crippen LogP contribution in [0.5, 0.6) is 0 Å². The van der Waals surface area contributed by atoms with Crippen LogP contribution in [-0.4, -0.2) is 30.9 Å². The number of nitrogen functional groups attached to an aromatic ring is 1. The molecule has 0 aliphatic rings. The van der Waals surface area contributed by atoms with Gasteiger partial charge in [-0.15, -0.1) is 0 Å². The fraction of sp³-hybridized carbons (Fsp3) is 0.100. The van der Waals surface area contributed by atoms with Gasteiger partial charge in [0, 0.05) is 6.26 Å². The van der Waals surface area contributed by atoms with E-state index in [4.69, 9.17) is 5.73 Å². The number of aromatic nitrogens is 2. The molecule has 0 fully saturated rings. The van der Waals surface area contributed by atoms with Crippen molar-refractivity contribution < 1.29 is 17.8 Å². The summed E-state index contributed by atoms with van der Waals surface area (Å²) in [5.74, 6) is -0.871. The summed E-state index contributed by atoms with van der Waals surface area (Å²) < 4.78 is 27.4. The minimum absolute atomic E-state index is 0.00150. The molecule has 2 aromatic rings. The number of sulfone groups is 1. The van der Waals surface area contributed by atoms with Crippen LogP contribution < -0.4 is 11.1 Å². The molecule has 0 saturated heterocycles. The Morgan fingerprint density at radius 2 is 2.00 bits per heavy atom. The molecule has 1 amide bonds. The molecule has 0 bridgehead atoms. The number of para-hydroxylation sites is 1. The van der Waals surface area contributed by atoms with Crippen LogP contribution in [0.15, 0.2) is 33.8 Å². The summed E-state index contributed by atoms with van der Waals surface area (Å²) in [5, 5.41) is 8.99. The van der Waals surface area contributed by atoms with Crippen LogP contribution in [0.25, 0.3) is 0 Å². The van der Waals surface area contributed by atoms with Gasteiger partial charge in [0.25, 0.3) is 5.91 Å². The maximum Gasteiger partial charge on any atom is 0.281 e. The molecule has 1 aromatic carbocycles. The molecule has 0 spiro atoms. The Labute approximate surface area is 108 Å². The van der Waals surface area contributed by atoms with Crippen molar-refractivity contribution in [2.24, 2.45) is 0 Å². The van der Waals surface area contributed by atoms with Crippen LogP contribution >= 0.6 is 0 Å². The van der Waals surface area contributed by atoms with E-state index in [1.165, 1.54) is 12.1 Å². The van der Waals surface area contributed by atoms with E-state index in [0.717, 1.165) is 6.26 Å². The summed E-state index contributed by atoms with van der Waals surface area (Å²) in [6.45, 7) is 0. The van der Waals surface area contributed by atoms with Crippen LogP contribution in [0.2, 0.25) is 0 Å². The van der Waals surface area contributed by atoms with Gasteiger partial charge in [0.15, 0.2) is 9.84 Å². The highest BCUT2D eigenvalue weighted by Gasteiger charge is 2.19. The highest BCUT2D eigenvalue weighted by atomic mass is 32.2. The fourth-order valence-electron chi connectivity index (χ4n) is 1.43. The molecule has 0 aliphatic heterocycles. The average Bonchev–Trinajstić information content (AvgIpc) is 2.75. The summed E-state index contributed by atoms with van der Waals surface area (Å²) in [6.07, 6.45) is 1.05. The Bertz CT molecular complexity index is 723. The second kappa shape index (κ2) is 4.69. The second-order valence-electron chi connectivity index (χ2n) is 3.72. The second-order valence-corrected chi connectivity index (χ2v) is 5.70. The van der Waals surface area contributed by atoms with E-state index < -0.39 is 15.7 Å². The molecule has 19 heavy (non-hydrogen) atoms. The maximum absolute atomic E-state index is 11.8. The van der Waals surface area contributed by atoms with Gasteiger partial charge < -0.3 is 11.1 Å². The molecule has 8 nitrogen and oxygen atoms in total. The highest BCUT2D eigenvalue weighted by Crippen LogP contribution is 2.21. The van der Waals surface area contributed by atoms with Crippen LogP contribution in [0.4, 0.5) is 11.5 Å². The number of rotatable bonds is 3. The van der Waals surface area contributed by atoms with Gasteiger partial charge in [0.1, 0.15) is 0 Å². The molecular formula is C10H10N4O4S. The topological polar surface area (TPSA) is 128 Å². The standard InChI is InChI=1S/C10H10N4O4S/c1-19(16,17)7-5-3-2-4-6(7)12-10(15)8-9(11)14-18-13-8/h2-5H,1H3,(H2,11,14)(H,12,15). The van der Waals surface area contributed by atoms with Gasteiger partial charge >= 0.3 is 0 Å². The molecule has 1 aromatic heterocycles. The monoisotopic (exact) mass is 282 g/mol. The first kappa shape index (κ1) is 13.0. The zero-order valence-electron chi connectivity index (χ0n) is 9.82. The number of nitrogens with zero attached hydrogens (tertiary/aromatic N) is 2. The lowest BCUT2D eigenvalue weighted by atomic mass is 10.3. The van der Waals surface area contributed by atoms with Gasteiger partial charge in [-0.3, -0.25) is 4.79 Å². The van der Waals surface area contributed by atoms with Crippen molar-refractivity contribution in [2.75, 3.05) is 17.3 Å². The number of amides is 1. The normalized spacial score (nSPS) is 11.2. The van der Waals surface area contributed by atoms with Gasteiger partial charge in [-0.1, -0.05) is 12.1 Å². The van der Waals surface area contributed by atoms with E-state index >= 15 is 0 Å². The quantitative estimate of drug-likeness (QED) is 0.828. The van der Waals surface area contributed by atoms with Crippen molar-refractivity contribution in [3.05, 3.63) is 30.0 Å². The molecular weight excluding hydrogens is 272 g/mol. The third-order valence-electron chi connectivity index (χ3n) is 2.26. The first-order valence-electron chi connectivity index (χ1n) is 5.08. The summed E-state index contributed by atoms with van der Waals surface area (Å²) in [7, 11) is -3.46. The number of hydrogen-bond acceptors (Lipinski definition) is 7. The Balaban J connectivity index is 2.35. The van der Waals surface area contributed by atoms with E-state index in [1.807, 2.05) is 0 Å². The molecule has 0 radical (unpaired) electrons. The van der Waals surface area contributed by atoms with Crippen LogP contribution in [0, 0.1) is 0 Å². The average molecular weight is 282 g/mol. The molecule has 1 heterocycles. The third-order valence-corrected chi connectivity index (χ3v) is 3.42. The molecule has 2 rings (SSSR count). The van der Waals surface area contributed by atoms with Gasteiger partial charge in [-0.25, -0.2) is 13.0 Å². The molecule has 9 heteroatoms. The predicted octanol–water partition coefficient (Wildman–Crippen LogP) is 0.308. The van der Waals surface area contributed by atoms with E-state index in [1.54, 1.807) is 12.1 Å². The maximum atomic E-state index is 11.8. The number of anilines is 2. The van der Waals surface area contributed by atoms with E-state index in [0.29, 0.717) is 0 Å². The van der Waals surface area contributed by atoms with Gasteiger partial charge in [-0.05, 0) is 22.4 Å². The number of carbonyl (C=O) groups is 1. The molecule has 0 atom stereocenters. The van der Waals surface area contributed by atoms with Crippen molar-refractivity contribution >= 4 is 27.2 Å². The number of nitrogens with one attached hydrogen (secondary N) is 1. The Morgan fingerprint density at radius 1 is 1.32 bits per heavy atom. The summed E-state index contributed by atoms with van der Waals surface area (Å²) >= 11 is 0. The van der Waals surface area contributed by atoms with Crippen molar-refractivity contribution in [3.63, 3.8) is 0 Å². The van der Waals surface area contributed by atoms with Crippen LogP contribution in [-0.2, 0) is 9.84 Å². The number of carbonyl (C=O) groups excluding carboxylic acids is 1. The summed E-state index contributed by atoms with van der Waals surface area (Å²) in [4.78, 5) is 11.8. The lowest BCUT2D eigenvalue weighted by Crippen LogP contribution is -2.16. The molecule has 0 saturated carbocycles. The minimum Gasteiger partial charge on any atom is -0.379 e. The number of benzene rings is 1. The Hall–Kier alpha value is -2.42. The highest BCUT2D eigenvalue weighted by molar-refractivity contribution is 7.90. The lowest BCUT2D eigenvalue weighted by molar-refractivity contribution is 0.101. The van der Waals surface area contributed by atoms with Gasteiger partial charge in [-0.2, -0.15) is 0 Å². The van der Waals surface area contributed by atoms with Crippen LogP contribution in [0.3, 0.4) is 0 Å². The first-order valence-corrected chi connectivity index (χ1v) is 6.97. The van der Waals surface area contributed by atoms with Crippen molar-refractivity contribution in [1.82, 2.24) is 10.3 Å².